The molecule has 19 heavy (non-hydrogen) atoms. The lowest BCUT2D eigenvalue weighted by molar-refractivity contribution is 0.136. The molecule has 7 heteroatoms. The SMILES string of the molecule is COc1ccc(Br)nc1N1CCN(C(=O)O)CC1C. The van der Waals surface area contributed by atoms with E-state index in [1.54, 1.807) is 7.11 Å². The van der Waals surface area contributed by atoms with E-state index in [-0.39, 0.29) is 6.04 Å². The predicted octanol–water partition coefficient (Wildman–Crippen LogP) is 2.04. The second-order valence-corrected chi connectivity index (χ2v) is 5.24. The number of nitrogens with zero attached hydrogens (tertiary/aromatic N) is 3. The van der Waals surface area contributed by atoms with Gasteiger partial charge >= 0.3 is 6.09 Å². The molecule has 1 amide bonds. The van der Waals surface area contributed by atoms with Gasteiger partial charge in [0.15, 0.2) is 11.6 Å². The number of ether oxygens (including phenoxy) is 1. The van der Waals surface area contributed by atoms with Gasteiger partial charge in [-0.1, -0.05) is 0 Å². The van der Waals surface area contributed by atoms with Crippen molar-refractivity contribution in [3.8, 4) is 5.75 Å². The van der Waals surface area contributed by atoms with Crippen LogP contribution in [-0.4, -0.2) is 53.9 Å². The van der Waals surface area contributed by atoms with Crippen molar-refractivity contribution >= 4 is 27.8 Å². The summed E-state index contributed by atoms with van der Waals surface area (Å²) in [6.45, 7) is 3.52. The molecular formula is C12H16BrN3O3. The maximum atomic E-state index is 11.0. The lowest BCUT2D eigenvalue weighted by Crippen LogP contribution is -2.53. The zero-order chi connectivity index (χ0) is 14.0. The van der Waals surface area contributed by atoms with Gasteiger partial charge in [0, 0.05) is 25.7 Å². The monoisotopic (exact) mass is 329 g/mol. The first-order chi connectivity index (χ1) is 9.02. The summed E-state index contributed by atoms with van der Waals surface area (Å²) in [5.74, 6) is 1.44. The quantitative estimate of drug-likeness (QED) is 0.841. The standard InChI is InChI=1S/C12H16BrN3O3/c1-8-7-15(12(17)18)5-6-16(8)11-9(19-2)3-4-10(13)14-11/h3-4,8H,5-7H2,1-2H3,(H,17,18). The number of piperazine rings is 1. The van der Waals surface area contributed by atoms with Crippen LogP contribution in [0.3, 0.4) is 0 Å². The molecule has 1 aromatic heterocycles. The molecule has 0 spiro atoms. The Morgan fingerprint density at radius 1 is 1.53 bits per heavy atom. The highest BCUT2D eigenvalue weighted by Gasteiger charge is 2.29. The van der Waals surface area contributed by atoms with Crippen LogP contribution in [0.4, 0.5) is 10.6 Å². The number of pyridine rings is 1. The van der Waals surface area contributed by atoms with Crippen LogP contribution in [0.1, 0.15) is 6.92 Å². The van der Waals surface area contributed by atoms with Crippen molar-refractivity contribution in [2.45, 2.75) is 13.0 Å². The molecule has 1 aliphatic rings. The Bertz CT molecular complexity index is 483. The van der Waals surface area contributed by atoms with Crippen molar-refractivity contribution in [2.24, 2.45) is 0 Å². The molecule has 0 aromatic carbocycles. The van der Waals surface area contributed by atoms with Crippen molar-refractivity contribution < 1.29 is 14.6 Å². The van der Waals surface area contributed by atoms with E-state index in [4.69, 9.17) is 9.84 Å². The summed E-state index contributed by atoms with van der Waals surface area (Å²) in [4.78, 5) is 18.9. The molecule has 0 aliphatic carbocycles. The lowest BCUT2D eigenvalue weighted by Gasteiger charge is -2.39. The number of anilines is 1. The van der Waals surface area contributed by atoms with E-state index in [0.717, 1.165) is 10.4 Å². The molecule has 0 radical (unpaired) electrons. The minimum atomic E-state index is -0.874. The fourth-order valence-corrected chi connectivity index (χ4v) is 2.52. The van der Waals surface area contributed by atoms with Crippen LogP contribution in [0.2, 0.25) is 0 Å². The molecule has 0 saturated carbocycles. The van der Waals surface area contributed by atoms with E-state index < -0.39 is 6.09 Å². The first-order valence-corrected chi connectivity index (χ1v) is 6.77. The number of hydrogen-bond acceptors (Lipinski definition) is 4. The van der Waals surface area contributed by atoms with Crippen molar-refractivity contribution in [1.29, 1.82) is 0 Å². The molecule has 1 atom stereocenters. The van der Waals surface area contributed by atoms with Gasteiger partial charge in [0.2, 0.25) is 0 Å². The highest BCUT2D eigenvalue weighted by atomic mass is 79.9. The van der Waals surface area contributed by atoms with Gasteiger partial charge in [0.25, 0.3) is 0 Å². The fraction of sp³-hybridized carbons (Fsp3) is 0.500. The third kappa shape index (κ3) is 2.91. The van der Waals surface area contributed by atoms with Gasteiger partial charge in [0.1, 0.15) is 4.60 Å². The van der Waals surface area contributed by atoms with Crippen molar-refractivity contribution in [2.75, 3.05) is 31.6 Å². The highest BCUT2D eigenvalue weighted by Crippen LogP contribution is 2.30. The van der Waals surface area contributed by atoms with Gasteiger partial charge in [-0.25, -0.2) is 9.78 Å². The number of hydrogen-bond donors (Lipinski definition) is 1. The first kappa shape index (κ1) is 13.9. The normalized spacial score (nSPS) is 19.4. The smallest absolute Gasteiger partial charge is 0.407 e. The van der Waals surface area contributed by atoms with E-state index in [9.17, 15) is 4.79 Å². The number of rotatable bonds is 2. The highest BCUT2D eigenvalue weighted by molar-refractivity contribution is 9.10. The van der Waals surface area contributed by atoms with Crippen LogP contribution in [0.25, 0.3) is 0 Å². The molecule has 6 nitrogen and oxygen atoms in total. The van der Waals surface area contributed by atoms with Gasteiger partial charge in [0.05, 0.1) is 7.11 Å². The summed E-state index contributed by atoms with van der Waals surface area (Å²) in [5.41, 5.74) is 0. The number of amides is 1. The number of carboxylic acid groups (broad SMARTS) is 1. The first-order valence-electron chi connectivity index (χ1n) is 5.98. The summed E-state index contributed by atoms with van der Waals surface area (Å²) < 4.78 is 6.05. The summed E-state index contributed by atoms with van der Waals surface area (Å²) in [7, 11) is 1.60. The van der Waals surface area contributed by atoms with E-state index in [1.807, 2.05) is 19.1 Å². The third-order valence-electron chi connectivity index (χ3n) is 3.20. The van der Waals surface area contributed by atoms with Crippen LogP contribution < -0.4 is 9.64 Å². The summed E-state index contributed by atoms with van der Waals surface area (Å²) in [6.07, 6.45) is -0.874. The minimum Gasteiger partial charge on any atom is -0.493 e. The summed E-state index contributed by atoms with van der Waals surface area (Å²) in [5, 5.41) is 9.02. The number of halogens is 1. The van der Waals surface area contributed by atoms with Crippen molar-refractivity contribution in [1.82, 2.24) is 9.88 Å². The number of methoxy groups -OCH3 is 1. The van der Waals surface area contributed by atoms with E-state index in [1.165, 1.54) is 4.90 Å². The Balaban J connectivity index is 2.23. The number of carbonyl (C=O) groups is 1. The fourth-order valence-electron chi connectivity index (χ4n) is 2.22. The maximum absolute atomic E-state index is 11.0. The molecule has 1 unspecified atom stereocenters. The molecule has 1 aromatic rings. The van der Waals surface area contributed by atoms with Crippen LogP contribution in [0, 0.1) is 0 Å². The second-order valence-electron chi connectivity index (χ2n) is 4.43. The zero-order valence-electron chi connectivity index (χ0n) is 10.8. The lowest BCUT2D eigenvalue weighted by atomic mass is 10.2. The Morgan fingerprint density at radius 2 is 2.26 bits per heavy atom. The predicted molar refractivity (Wildman–Crippen MR) is 74.9 cm³/mol. The summed E-state index contributed by atoms with van der Waals surface area (Å²) >= 11 is 3.35. The molecule has 1 fully saturated rings. The van der Waals surface area contributed by atoms with Gasteiger partial charge < -0.3 is 19.6 Å². The topological polar surface area (TPSA) is 65.9 Å². The molecule has 1 aliphatic heterocycles. The third-order valence-corrected chi connectivity index (χ3v) is 3.64. The van der Waals surface area contributed by atoms with Crippen LogP contribution in [0.15, 0.2) is 16.7 Å². The molecule has 104 valence electrons. The average Bonchev–Trinajstić information content (AvgIpc) is 2.38. The molecule has 2 heterocycles. The van der Waals surface area contributed by atoms with Gasteiger partial charge in [-0.15, -0.1) is 0 Å². The Labute approximate surface area is 120 Å². The van der Waals surface area contributed by atoms with Gasteiger partial charge in [-0.3, -0.25) is 0 Å². The molecule has 1 N–H and O–H groups in total. The summed E-state index contributed by atoms with van der Waals surface area (Å²) in [6, 6.07) is 3.73. The van der Waals surface area contributed by atoms with E-state index in [2.05, 4.69) is 25.8 Å². The molecule has 1 saturated heterocycles. The van der Waals surface area contributed by atoms with Gasteiger partial charge in [-0.05, 0) is 35.0 Å². The molecule has 0 bridgehead atoms. The maximum Gasteiger partial charge on any atom is 0.407 e. The Hall–Kier alpha value is -1.50. The second kappa shape index (κ2) is 5.64. The van der Waals surface area contributed by atoms with Crippen LogP contribution in [-0.2, 0) is 0 Å². The molecule has 2 rings (SSSR count). The average molecular weight is 330 g/mol. The van der Waals surface area contributed by atoms with Crippen molar-refractivity contribution in [3.63, 3.8) is 0 Å². The van der Waals surface area contributed by atoms with Crippen molar-refractivity contribution in [3.05, 3.63) is 16.7 Å². The Morgan fingerprint density at radius 3 is 2.84 bits per heavy atom. The number of aromatic nitrogens is 1. The van der Waals surface area contributed by atoms with E-state index >= 15 is 0 Å². The molecular weight excluding hydrogens is 314 g/mol. The zero-order valence-corrected chi connectivity index (χ0v) is 12.4. The minimum absolute atomic E-state index is 0.0561. The van der Waals surface area contributed by atoms with E-state index in [0.29, 0.717) is 25.4 Å². The largest absolute Gasteiger partial charge is 0.493 e. The van der Waals surface area contributed by atoms with Gasteiger partial charge in [-0.2, -0.15) is 0 Å². The Kier molecular flexibility index (Phi) is 4.14. The van der Waals surface area contributed by atoms with Crippen LogP contribution >= 0.6 is 15.9 Å². The van der Waals surface area contributed by atoms with Crippen LogP contribution in [0.5, 0.6) is 5.75 Å².